The molecule has 0 aliphatic heterocycles. The van der Waals surface area contributed by atoms with Crippen LogP contribution in [0.4, 0.5) is 5.69 Å². The van der Waals surface area contributed by atoms with Gasteiger partial charge in [-0.1, -0.05) is 0 Å². The average Bonchev–Trinajstić information content (AvgIpc) is 2.46. The molecule has 0 radical (unpaired) electrons. The molecular formula is C14H14N2O4S2. The molecule has 1 amide bonds. The maximum Gasteiger partial charge on any atom is 0.251 e. The van der Waals surface area contributed by atoms with Gasteiger partial charge in [0, 0.05) is 24.1 Å². The van der Waals surface area contributed by atoms with Crippen molar-refractivity contribution in [1.82, 2.24) is 0 Å². The first kappa shape index (κ1) is 16.3. The molecule has 0 spiro atoms. The van der Waals surface area contributed by atoms with Crippen molar-refractivity contribution in [3.63, 3.8) is 0 Å². The number of thioether (sulfide) groups is 1. The lowest BCUT2D eigenvalue weighted by Crippen LogP contribution is -2.28. The van der Waals surface area contributed by atoms with Gasteiger partial charge in [0.15, 0.2) is 16.0 Å². The van der Waals surface area contributed by atoms with Crippen LogP contribution in [0.1, 0.15) is 0 Å². The third-order valence-corrected chi connectivity index (χ3v) is 4.85. The summed E-state index contributed by atoms with van der Waals surface area (Å²) in [5.41, 5.74) is 0.501. The van der Waals surface area contributed by atoms with Gasteiger partial charge < -0.3 is 10.5 Å². The molecule has 1 heterocycles. The van der Waals surface area contributed by atoms with E-state index in [0.717, 1.165) is 18.0 Å². The Morgan fingerprint density at radius 2 is 1.91 bits per heavy atom. The van der Waals surface area contributed by atoms with Crippen LogP contribution < -0.4 is 10.0 Å². The van der Waals surface area contributed by atoms with Crippen LogP contribution >= 0.6 is 11.8 Å². The smallest absolute Gasteiger partial charge is 0.251 e. The van der Waals surface area contributed by atoms with E-state index in [4.69, 9.17) is 0 Å². The Morgan fingerprint density at radius 3 is 2.50 bits per heavy atom. The van der Waals surface area contributed by atoms with Gasteiger partial charge in [-0.15, -0.1) is 0 Å². The monoisotopic (exact) mass is 338 g/mol. The van der Waals surface area contributed by atoms with Crippen molar-refractivity contribution < 1.29 is 17.9 Å². The van der Waals surface area contributed by atoms with E-state index in [2.05, 4.69) is 5.32 Å². The molecule has 0 aliphatic carbocycles. The molecule has 6 nitrogen and oxygen atoms in total. The largest absolute Gasteiger partial charge is 0.618 e. The van der Waals surface area contributed by atoms with Crippen molar-refractivity contribution >= 4 is 33.2 Å². The molecule has 8 heteroatoms. The predicted molar refractivity (Wildman–Crippen MR) is 84.3 cm³/mol. The number of carbonyl (C=O) groups is 1. The van der Waals surface area contributed by atoms with E-state index >= 15 is 0 Å². The highest BCUT2D eigenvalue weighted by Gasteiger charge is 2.10. The minimum Gasteiger partial charge on any atom is -0.618 e. The molecule has 0 unspecified atom stereocenters. The topological polar surface area (TPSA) is 90.2 Å². The molecule has 0 atom stereocenters. The summed E-state index contributed by atoms with van der Waals surface area (Å²) in [6.45, 7) is 0. The Morgan fingerprint density at radius 1 is 1.23 bits per heavy atom. The lowest BCUT2D eigenvalue weighted by atomic mass is 10.3. The number of nitrogens with zero attached hydrogens (tertiary/aromatic N) is 1. The second-order valence-corrected chi connectivity index (χ2v) is 7.51. The first-order chi connectivity index (χ1) is 10.4. The van der Waals surface area contributed by atoms with Crippen molar-refractivity contribution in [2.24, 2.45) is 0 Å². The second kappa shape index (κ2) is 6.80. The zero-order chi connectivity index (χ0) is 16.2. The van der Waals surface area contributed by atoms with E-state index in [-0.39, 0.29) is 16.6 Å². The number of amides is 1. The zero-order valence-corrected chi connectivity index (χ0v) is 13.4. The summed E-state index contributed by atoms with van der Waals surface area (Å²) in [5.74, 6) is -0.193. The van der Waals surface area contributed by atoms with Gasteiger partial charge in [0.1, 0.15) is 0 Å². The molecule has 2 aromatic rings. The number of sulfone groups is 1. The molecular weight excluding hydrogens is 324 g/mol. The molecule has 22 heavy (non-hydrogen) atoms. The first-order valence-corrected chi connectivity index (χ1v) is 9.15. The van der Waals surface area contributed by atoms with Crippen LogP contribution in [0.2, 0.25) is 0 Å². The average molecular weight is 338 g/mol. The molecule has 0 aliphatic rings. The van der Waals surface area contributed by atoms with E-state index in [9.17, 15) is 18.4 Å². The van der Waals surface area contributed by atoms with Gasteiger partial charge in [-0.2, -0.15) is 4.73 Å². The summed E-state index contributed by atoms with van der Waals surface area (Å²) in [5, 5.41) is 14.5. The standard InChI is InChI=1S/C14H14N2O4S2/c1-22(19,20)12-7-5-11(6-8-12)15-13(17)10-21-14-4-2-3-9-16(14)18/h2-9H,10H2,1H3,(H,15,17). The van der Waals surface area contributed by atoms with Crippen LogP contribution in [0.25, 0.3) is 0 Å². The fraction of sp³-hybridized carbons (Fsp3) is 0.143. The number of anilines is 1. The number of aromatic nitrogens is 1. The van der Waals surface area contributed by atoms with Crippen LogP contribution in [0.3, 0.4) is 0 Å². The molecule has 116 valence electrons. The lowest BCUT2D eigenvalue weighted by Gasteiger charge is -2.06. The number of rotatable bonds is 5. The van der Waals surface area contributed by atoms with Crippen molar-refractivity contribution in [2.45, 2.75) is 9.92 Å². The van der Waals surface area contributed by atoms with Gasteiger partial charge in [0.25, 0.3) is 5.03 Å². The normalized spacial score (nSPS) is 11.1. The van der Waals surface area contributed by atoms with E-state index in [1.54, 1.807) is 18.2 Å². The lowest BCUT2D eigenvalue weighted by molar-refractivity contribution is -0.645. The van der Waals surface area contributed by atoms with Gasteiger partial charge in [-0.3, -0.25) is 4.79 Å². The number of hydrogen-bond acceptors (Lipinski definition) is 5. The van der Waals surface area contributed by atoms with E-state index in [1.165, 1.54) is 30.5 Å². The molecule has 0 bridgehead atoms. The van der Waals surface area contributed by atoms with Gasteiger partial charge in [-0.05, 0) is 42.1 Å². The summed E-state index contributed by atoms with van der Waals surface area (Å²) in [6, 6.07) is 10.9. The SMILES string of the molecule is CS(=O)(=O)c1ccc(NC(=O)CSc2cccc[n+]2[O-])cc1. The predicted octanol–water partition coefficient (Wildman–Crippen LogP) is 1.45. The summed E-state index contributed by atoms with van der Waals surface area (Å²) in [7, 11) is -3.25. The minimum atomic E-state index is -3.25. The quantitative estimate of drug-likeness (QED) is 0.506. The number of hydrogen-bond donors (Lipinski definition) is 1. The number of carbonyl (C=O) groups excluding carboxylic acids is 1. The molecule has 0 saturated heterocycles. The maximum absolute atomic E-state index is 11.8. The molecule has 1 aromatic heterocycles. The van der Waals surface area contributed by atoms with Gasteiger partial charge >= 0.3 is 0 Å². The Bertz CT molecular complexity index is 774. The van der Waals surface area contributed by atoms with Gasteiger partial charge in [0.2, 0.25) is 5.91 Å². The highest BCUT2D eigenvalue weighted by molar-refractivity contribution is 7.99. The number of pyridine rings is 1. The van der Waals surface area contributed by atoms with Crippen molar-refractivity contribution in [1.29, 1.82) is 0 Å². The summed E-state index contributed by atoms with van der Waals surface area (Å²) in [6.07, 6.45) is 2.49. The van der Waals surface area contributed by atoms with Crippen LogP contribution in [-0.4, -0.2) is 26.3 Å². The van der Waals surface area contributed by atoms with Crippen LogP contribution in [-0.2, 0) is 14.6 Å². The summed E-state index contributed by atoms with van der Waals surface area (Å²) < 4.78 is 23.4. The van der Waals surface area contributed by atoms with Crippen molar-refractivity contribution in [2.75, 3.05) is 17.3 Å². The zero-order valence-electron chi connectivity index (χ0n) is 11.7. The Labute approximate surface area is 132 Å². The molecule has 0 saturated carbocycles. The molecule has 2 rings (SSSR count). The highest BCUT2D eigenvalue weighted by atomic mass is 32.2. The maximum atomic E-state index is 11.8. The summed E-state index contributed by atoms with van der Waals surface area (Å²) in [4.78, 5) is 12.0. The fourth-order valence-electron chi connectivity index (χ4n) is 1.65. The second-order valence-electron chi connectivity index (χ2n) is 4.50. The number of nitrogens with one attached hydrogen (secondary N) is 1. The summed E-state index contributed by atoms with van der Waals surface area (Å²) >= 11 is 1.12. The Balaban J connectivity index is 1.94. The highest BCUT2D eigenvalue weighted by Crippen LogP contribution is 2.16. The van der Waals surface area contributed by atoms with Crippen LogP contribution in [0.15, 0.2) is 58.6 Å². The van der Waals surface area contributed by atoms with Gasteiger partial charge in [-0.25, -0.2) is 8.42 Å². The molecule has 1 N–H and O–H groups in total. The Kier molecular flexibility index (Phi) is 5.04. The van der Waals surface area contributed by atoms with E-state index in [0.29, 0.717) is 15.4 Å². The Hall–Kier alpha value is -2.06. The van der Waals surface area contributed by atoms with Crippen LogP contribution in [0, 0.1) is 5.21 Å². The van der Waals surface area contributed by atoms with E-state index in [1.807, 2.05) is 0 Å². The minimum absolute atomic E-state index is 0.0834. The third kappa shape index (κ3) is 4.47. The van der Waals surface area contributed by atoms with Gasteiger partial charge in [0.05, 0.1) is 10.6 Å². The van der Waals surface area contributed by atoms with Crippen molar-refractivity contribution in [3.05, 3.63) is 53.9 Å². The number of benzene rings is 1. The van der Waals surface area contributed by atoms with E-state index < -0.39 is 9.84 Å². The molecule has 0 fully saturated rings. The van der Waals surface area contributed by atoms with Crippen molar-refractivity contribution in [3.8, 4) is 0 Å². The fourth-order valence-corrected chi connectivity index (χ4v) is 2.99. The van der Waals surface area contributed by atoms with Crippen LogP contribution in [0.5, 0.6) is 0 Å². The molecule has 1 aromatic carbocycles. The third-order valence-electron chi connectivity index (χ3n) is 2.71. The first-order valence-electron chi connectivity index (χ1n) is 6.27.